The Morgan fingerprint density at radius 2 is 1.37 bits per heavy atom. The molecule has 0 atom stereocenters. The van der Waals surface area contributed by atoms with Gasteiger partial charge in [-0.25, -0.2) is 4.79 Å². The first kappa shape index (κ1) is 21.5. The molecule has 3 rings (SSSR count). The number of benzene rings is 2. The number of hydrogen-bond donors (Lipinski definition) is 0. The number of hydrogen-bond acceptors (Lipinski definition) is 4. The number of nitrogens with zero attached hydrogens (tertiary/aromatic N) is 3. The van der Waals surface area contributed by atoms with Crippen LogP contribution in [-0.2, 0) is 16.1 Å². The predicted octanol–water partition coefficient (Wildman–Crippen LogP) is 5.70. The number of carbonyl (C=O) groups excluding carboxylic acids is 1. The second-order valence-corrected chi connectivity index (χ2v) is 7.20. The number of unbranched alkanes of at least 4 members (excludes halogenated alkanes) is 4. The van der Waals surface area contributed by atoms with Crippen LogP contribution in [0.2, 0.25) is 0 Å². The van der Waals surface area contributed by atoms with Crippen LogP contribution in [-0.4, -0.2) is 27.5 Å². The summed E-state index contributed by atoms with van der Waals surface area (Å²) in [5, 5.41) is 9.58. The molecule has 156 valence electrons. The molecule has 1 aromatic heterocycles. The van der Waals surface area contributed by atoms with Crippen molar-refractivity contribution in [1.29, 1.82) is 0 Å². The lowest BCUT2D eigenvalue weighted by atomic mass is 10.1. The van der Waals surface area contributed by atoms with Crippen molar-refractivity contribution in [1.82, 2.24) is 15.0 Å². The van der Waals surface area contributed by atoms with Crippen LogP contribution < -0.4 is 0 Å². The summed E-state index contributed by atoms with van der Waals surface area (Å²) in [7, 11) is 0. The minimum atomic E-state index is 0.445. The Morgan fingerprint density at radius 1 is 0.833 bits per heavy atom. The molecule has 0 bridgehead atoms. The summed E-state index contributed by atoms with van der Waals surface area (Å²) in [6.07, 6.45) is 5.97. The molecule has 0 N–H and O–H groups in total. The molecule has 5 nitrogen and oxygen atoms in total. The van der Waals surface area contributed by atoms with Crippen molar-refractivity contribution >= 4 is 5.94 Å². The van der Waals surface area contributed by atoms with Crippen LogP contribution in [0.1, 0.15) is 45.4 Å². The van der Waals surface area contributed by atoms with E-state index in [4.69, 9.17) is 14.9 Å². The molecule has 3 aromatic rings. The second kappa shape index (κ2) is 11.7. The summed E-state index contributed by atoms with van der Waals surface area (Å²) in [5.74, 6) is 2.33. The van der Waals surface area contributed by atoms with Crippen molar-refractivity contribution in [3.63, 3.8) is 0 Å². The molecule has 0 aliphatic heterocycles. The van der Waals surface area contributed by atoms with Crippen LogP contribution in [0.15, 0.2) is 66.4 Å². The first-order chi connectivity index (χ1) is 14.8. The third-order valence-corrected chi connectivity index (χ3v) is 4.94. The quantitative estimate of drug-likeness (QED) is 0.221. The van der Waals surface area contributed by atoms with E-state index >= 15 is 0 Å². The molecule has 0 aliphatic carbocycles. The monoisotopic (exact) mass is 403 g/mol. The van der Waals surface area contributed by atoms with Crippen LogP contribution in [0, 0.1) is 0 Å². The minimum Gasteiger partial charge on any atom is -0.487 e. The topological polar surface area (TPSA) is 57.0 Å². The molecule has 0 unspecified atom stereocenters. The fourth-order valence-electron chi connectivity index (χ4n) is 3.42. The van der Waals surface area contributed by atoms with Gasteiger partial charge in [-0.3, -0.25) is 0 Å². The highest BCUT2D eigenvalue weighted by atomic mass is 16.5. The smallest absolute Gasteiger partial charge is 0.179 e. The van der Waals surface area contributed by atoms with Crippen LogP contribution >= 0.6 is 0 Å². The molecule has 30 heavy (non-hydrogen) atoms. The standard InChI is InChI=1S/C25H29N3O2/c1-2-30-23(20-29)18-12-4-3-5-13-19-28-26-24(21-14-8-6-9-15-21)25(27-28)22-16-10-7-11-17-22/h6-11,14-17H,2-5,12-13,18-19H2,1H3. The van der Waals surface area contributed by atoms with Gasteiger partial charge >= 0.3 is 0 Å². The number of aromatic nitrogens is 3. The van der Waals surface area contributed by atoms with Gasteiger partial charge in [0.1, 0.15) is 11.4 Å². The van der Waals surface area contributed by atoms with Gasteiger partial charge in [-0.05, 0) is 19.8 Å². The molecule has 0 saturated carbocycles. The second-order valence-electron chi connectivity index (χ2n) is 7.20. The highest BCUT2D eigenvalue weighted by Crippen LogP contribution is 2.28. The lowest BCUT2D eigenvalue weighted by Gasteiger charge is -2.04. The Morgan fingerprint density at radius 3 is 1.90 bits per heavy atom. The van der Waals surface area contributed by atoms with E-state index in [1.54, 1.807) is 0 Å². The van der Waals surface area contributed by atoms with Gasteiger partial charge < -0.3 is 4.74 Å². The zero-order valence-corrected chi connectivity index (χ0v) is 17.6. The molecule has 0 radical (unpaired) electrons. The van der Waals surface area contributed by atoms with E-state index in [9.17, 15) is 4.79 Å². The molecule has 5 heteroatoms. The van der Waals surface area contributed by atoms with Gasteiger partial charge in [0, 0.05) is 17.5 Å². The van der Waals surface area contributed by atoms with Crippen molar-refractivity contribution in [2.24, 2.45) is 0 Å². The van der Waals surface area contributed by atoms with Gasteiger partial charge in [0.15, 0.2) is 11.7 Å². The number of allylic oxidation sites excluding steroid dienone is 1. The molecular formula is C25H29N3O2. The van der Waals surface area contributed by atoms with Crippen LogP contribution in [0.5, 0.6) is 0 Å². The zero-order chi connectivity index (χ0) is 21.0. The van der Waals surface area contributed by atoms with Crippen LogP contribution in [0.3, 0.4) is 0 Å². The summed E-state index contributed by atoms with van der Waals surface area (Å²) in [6.45, 7) is 3.20. The SMILES string of the molecule is CCOC(=C=O)CCCCCCCn1nc(-c2ccccc2)c(-c2ccccc2)n1. The average molecular weight is 404 g/mol. The van der Waals surface area contributed by atoms with Crippen LogP contribution in [0.25, 0.3) is 22.5 Å². The highest BCUT2D eigenvalue weighted by Gasteiger charge is 2.14. The Hall–Kier alpha value is -3.17. The Labute approximate surface area is 178 Å². The van der Waals surface area contributed by atoms with E-state index in [2.05, 4.69) is 24.3 Å². The summed E-state index contributed by atoms with van der Waals surface area (Å²) in [4.78, 5) is 12.6. The van der Waals surface area contributed by atoms with Crippen molar-refractivity contribution in [2.75, 3.05) is 6.61 Å². The van der Waals surface area contributed by atoms with E-state index < -0.39 is 0 Å². The van der Waals surface area contributed by atoms with E-state index in [0.29, 0.717) is 18.8 Å². The number of ether oxygens (including phenoxy) is 1. The third kappa shape index (κ3) is 6.16. The minimum absolute atomic E-state index is 0.445. The van der Waals surface area contributed by atoms with Crippen molar-refractivity contribution in [3.8, 4) is 22.5 Å². The first-order valence-electron chi connectivity index (χ1n) is 10.7. The van der Waals surface area contributed by atoms with E-state index in [1.807, 2.05) is 54.1 Å². The Bertz CT molecular complexity index is 888. The largest absolute Gasteiger partial charge is 0.487 e. The van der Waals surface area contributed by atoms with Gasteiger partial charge in [0.25, 0.3) is 0 Å². The predicted molar refractivity (Wildman–Crippen MR) is 119 cm³/mol. The van der Waals surface area contributed by atoms with Gasteiger partial charge in [-0.2, -0.15) is 15.0 Å². The molecule has 0 fully saturated rings. The van der Waals surface area contributed by atoms with Crippen LogP contribution in [0.4, 0.5) is 0 Å². The fourth-order valence-corrected chi connectivity index (χ4v) is 3.42. The molecule has 2 aromatic carbocycles. The Kier molecular flexibility index (Phi) is 8.43. The normalized spacial score (nSPS) is 10.6. The van der Waals surface area contributed by atoms with Crippen molar-refractivity contribution in [3.05, 3.63) is 66.4 Å². The summed E-state index contributed by atoms with van der Waals surface area (Å²) in [5.41, 5.74) is 4.00. The third-order valence-electron chi connectivity index (χ3n) is 4.94. The first-order valence-corrected chi connectivity index (χ1v) is 10.7. The van der Waals surface area contributed by atoms with Gasteiger partial charge in [-0.15, -0.1) is 0 Å². The molecule has 0 amide bonds. The zero-order valence-electron chi connectivity index (χ0n) is 17.6. The summed E-state index contributed by atoms with van der Waals surface area (Å²) < 4.78 is 5.24. The highest BCUT2D eigenvalue weighted by molar-refractivity contribution is 5.77. The van der Waals surface area contributed by atoms with E-state index in [1.165, 1.54) is 0 Å². The maximum atomic E-state index is 10.7. The van der Waals surface area contributed by atoms with Gasteiger partial charge in [-0.1, -0.05) is 79.9 Å². The fraction of sp³-hybridized carbons (Fsp3) is 0.360. The summed E-state index contributed by atoms with van der Waals surface area (Å²) >= 11 is 0. The number of rotatable bonds is 12. The molecule has 0 spiro atoms. The van der Waals surface area contributed by atoms with Crippen molar-refractivity contribution < 1.29 is 9.53 Å². The van der Waals surface area contributed by atoms with Crippen molar-refractivity contribution in [2.45, 2.75) is 52.0 Å². The van der Waals surface area contributed by atoms with E-state index in [-0.39, 0.29) is 0 Å². The molecule has 0 saturated heterocycles. The molecule has 1 heterocycles. The van der Waals surface area contributed by atoms with E-state index in [0.717, 1.165) is 61.2 Å². The average Bonchev–Trinajstić information content (AvgIpc) is 3.23. The Balaban J connectivity index is 1.54. The van der Waals surface area contributed by atoms with Gasteiger partial charge in [0.05, 0.1) is 13.2 Å². The number of aryl methyl sites for hydroxylation is 1. The lowest BCUT2D eigenvalue weighted by Crippen LogP contribution is -2.02. The molecular weight excluding hydrogens is 374 g/mol. The van der Waals surface area contributed by atoms with Gasteiger partial charge in [0.2, 0.25) is 0 Å². The maximum Gasteiger partial charge on any atom is 0.179 e. The molecule has 0 aliphatic rings. The maximum absolute atomic E-state index is 10.7. The summed E-state index contributed by atoms with van der Waals surface area (Å²) in [6, 6.07) is 20.4. The lowest BCUT2D eigenvalue weighted by molar-refractivity contribution is 0.219.